The van der Waals surface area contributed by atoms with E-state index >= 15 is 0 Å². The molecular weight excluding hydrogens is 638 g/mol. The molecule has 262 valence electrons. The Morgan fingerprint density at radius 1 is 0.854 bits per heavy atom. The second-order valence-electron chi connectivity index (χ2n) is 12.2. The number of carbonyl (C=O) groups excluding carboxylic acids is 2. The maximum atomic E-state index is 14.1. The number of anilines is 1. The lowest BCUT2D eigenvalue weighted by atomic mass is 9.99. The number of carbonyl (C=O) groups is 2. The van der Waals surface area contributed by atoms with Crippen molar-refractivity contribution in [2.24, 2.45) is 0 Å². The first-order chi connectivity index (χ1) is 22.8. The number of nitrogens with one attached hydrogen (secondary N) is 3. The van der Waals surface area contributed by atoms with Gasteiger partial charge < -0.3 is 20.6 Å². The summed E-state index contributed by atoms with van der Waals surface area (Å²) in [5, 5.41) is 16.4. The van der Waals surface area contributed by atoms with Gasteiger partial charge in [0.1, 0.15) is 11.6 Å². The molecule has 4 N–H and O–H groups in total. The molecule has 0 spiro atoms. The number of aliphatic hydroxyl groups is 1. The Labute approximate surface area is 283 Å². The predicted octanol–water partition coefficient (Wildman–Crippen LogP) is 5.43. The van der Waals surface area contributed by atoms with E-state index in [2.05, 4.69) is 28.3 Å². The standard InChI is InChI=1S/C36H48F2N4O5S/c1-6-12-42(13-7-2)36(45)29-18-28(19-32(20-29)41-48(46,47)24(4)5)35(44)40-33(17-27-15-30(37)21-31(38)16-27)34(43)23-39-22-26-11-9-10-25(8-3)14-26/h9-11,14-16,18-21,24,33-34,39,41,43H,6-8,12-13,17,22-23H2,1-5H3,(H,40,44)/t33?,34-/m1/s1. The van der Waals surface area contributed by atoms with Crippen molar-refractivity contribution < 1.29 is 31.9 Å². The number of aryl methyl sites for hydroxylation is 1. The molecule has 0 aliphatic rings. The zero-order chi connectivity index (χ0) is 35.4. The Morgan fingerprint density at radius 3 is 2.08 bits per heavy atom. The maximum Gasteiger partial charge on any atom is 0.253 e. The van der Waals surface area contributed by atoms with Gasteiger partial charge in [0.15, 0.2) is 0 Å². The van der Waals surface area contributed by atoms with Crippen LogP contribution >= 0.6 is 0 Å². The Kier molecular flexibility index (Phi) is 14.5. The van der Waals surface area contributed by atoms with E-state index in [1.807, 2.05) is 32.0 Å². The van der Waals surface area contributed by atoms with Gasteiger partial charge in [-0.3, -0.25) is 14.3 Å². The average molecular weight is 687 g/mol. The molecule has 0 aliphatic heterocycles. The average Bonchev–Trinajstić information content (AvgIpc) is 3.03. The summed E-state index contributed by atoms with van der Waals surface area (Å²) < 4.78 is 56.2. The van der Waals surface area contributed by atoms with E-state index in [0.29, 0.717) is 32.5 Å². The Hall–Kier alpha value is -3.87. The van der Waals surface area contributed by atoms with Gasteiger partial charge >= 0.3 is 0 Å². The lowest BCUT2D eigenvalue weighted by Gasteiger charge is -2.26. The molecule has 0 aliphatic carbocycles. The van der Waals surface area contributed by atoms with E-state index in [1.54, 1.807) is 4.90 Å². The zero-order valence-corrected chi connectivity index (χ0v) is 29.2. The molecule has 3 aromatic rings. The molecule has 2 amide bonds. The molecule has 12 heteroatoms. The minimum atomic E-state index is -3.83. The van der Waals surface area contributed by atoms with Crippen molar-refractivity contribution in [1.29, 1.82) is 0 Å². The van der Waals surface area contributed by atoms with Gasteiger partial charge in [-0.05, 0) is 86.6 Å². The van der Waals surface area contributed by atoms with Crippen LogP contribution in [0.25, 0.3) is 0 Å². The number of hydrogen-bond donors (Lipinski definition) is 4. The third-order valence-corrected chi connectivity index (χ3v) is 9.60. The highest BCUT2D eigenvalue weighted by Crippen LogP contribution is 2.21. The lowest BCUT2D eigenvalue weighted by molar-refractivity contribution is 0.0755. The Morgan fingerprint density at radius 2 is 1.48 bits per heavy atom. The number of benzene rings is 3. The minimum Gasteiger partial charge on any atom is -0.390 e. The number of nitrogens with zero attached hydrogens (tertiary/aromatic N) is 1. The largest absolute Gasteiger partial charge is 0.390 e. The highest BCUT2D eigenvalue weighted by molar-refractivity contribution is 7.93. The Bertz CT molecular complexity index is 1620. The van der Waals surface area contributed by atoms with Crippen molar-refractivity contribution in [1.82, 2.24) is 15.5 Å². The SMILES string of the molecule is CCCN(CCC)C(=O)c1cc(NS(=O)(=O)C(C)C)cc(C(=O)NC(Cc2cc(F)cc(F)c2)[C@H](O)CNCc2cccc(CC)c2)c1. The van der Waals surface area contributed by atoms with Gasteiger partial charge in [-0.15, -0.1) is 0 Å². The van der Waals surface area contributed by atoms with Crippen molar-refractivity contribution >= 4 is 27.5 Å². The smallest absolute Gasteiger partial charge is 0.253 e. The van der Waals surface area contributed by atoms with Crippen molar-refractivity contribution in [2.45, 2.75) is 84.2 Å². The molecule has 48 heavy (non-hydrogen) atoms. The molecule has 3 rings (SSSR count). The van der Waals surface area contributed by atoms with Crippen LogP contribution in [-0.4, -0.2) is 67.3 Å². The van der Waals surface area contributed by atoms with Crippen molar-refractivity contribution in [3.63, 3.8) is 0 Å². The van der Waals surface area contributed by atoms with Crippen molar-refractivity contribution in [3.05, 3.63) is 100 Å². The number of rotatable bonds is 18. The van der Waals surface area contributed by atoms with Gasteiger partial charge in [0, 0.05) is 43.4 Å². The van der Waals surface area contributed by atoms with Crippen LogP contribution in [0.1, 0.15) is 84.9 Å². The highest BCUT2D eigenvalue weighted by Gasteiger charge is 2.26. The maximum absolute atomic E-state index is 14.1. The van der Waals surface area contributed by atoms with Crippen LogP contribution in [0, 0.1) is 11.6 Å². The van der Waals surface area contributed by atoms with Crippen molar-refractivity contribution in [2.75, 3.05) is 24.4 Å². The third kappa shape index (κ3) is 11.4. The van der Waals surface area contributed by atoms with Crippen LogP contribution in [0.3, 0.4) is 0 Å². The number of aliphatic hydroxyl groups excluding tert-OH is 1. The van der Waals surface area contributed by atoms with Crippen molar-refractivity contribution in [3.8, 4) is 0 Å². The van der Waals surface area contributed by atoms with Crippen LogP contribution < -0.4 is 15.4 Å². The highest BCUT2D eigenvalue weighted by atomic mass is 32.2. The molecular formula is C36H48F2N4O5S. The first-order valence-corrected chi connectivity index (χ1v) is 18.0. The molecule has 0 fully saturated rings. The number of hydrogen-bond acceptors (Lipinski definition) is 6. The van der Waals surface area contributed by atoms with Gasteiger partial charge in [0.05, 0.1) is 23.1 Å². The van der Waals surface area contributed by atoms with E-state index in [1.165, 1.54) is 32.0 Å². The first-order valence-electron chi connectivity index (χ1n) is 16.4. The molecule has 9 nitrogen and oxygen atoms in total. The number of amides is 2. The molecule has 0 heterocycles. The fourth-order valence-corrected chi connectivity index (χ4v) is 5.93. The molecule has 0 radical (unpaired) electrons. The summed E-state index contributed by atoms with van der Waals surface area (Å²) in [5.41, 5.74) is 2.52. The molecule has 1 unspecified atom stereocenters. The summed E-state index contributed by atoms with van der Waals surface area (Å²) in [5.74, 6) is -2.66. The molecule has 0 saturated carbocycles. The van der Waals surface area contributed by atoms with E-state index in [9.17, 15) is 31.9 Å². The second kappa shape index (κ2) is 18.0. The molecule has 0 saturated heterocycles. The van der Waals surface area contributed by atoms with Gasteiger partial charge in [-0.1, -0.05) is 45.0 Å². The van der Waals surface area contributed by atoms with Crippen LogP contribution in [-0.2, 0) is 29.4 Å². The summed E-state index contributed by atoms with van der Waals surface area (Å²) in [7, 11) is -3.83. The number of halogens is 2. The van der Waals surface area contributed by atoms with E-state index < -0.39 is 45.0 Å². The zero-order valence-electron chi connectivity index (χ0n) is 28.4. The molecule has 0 aromatic heterocycles. The second-order valence-corrected chi connectivity index (χ2v) is 14.5. The van der Waals surface area contributed by atoms with E-state index in [4.69, 9.17) is 0 Å². The van der Waals surface area contributed by atoms with Crippen LogP contribution in [0.4, 0.5) is 14.5 Å². The fourth-order valence-electron chi connectivity index (χ4n) is 5.24. The molecule has 3 aromatic carbocycles. The normalized spacial score (nSPS) is 12.9. The third-order valence-electron chi connectivity index (χ3n) is 7.84. The first kappa shape index (κ1) is 38.6. The summed E-state index contributed by atoms with van der Waals surface area (Å²) in [6, 6.07) is 14.1. The van der Waals surface area contributed by atoms with Crippen LogP contribution in [0.15, 0.2) is 60.7 Å². The summed E-state index contributed by atoms with van der Waals surface area (Å²) in [4.78, 5) is 29.0. The van der Waals surface area contributed by atoms with Gasteiger partial charge in [-0.25, -0.2) is 17.2 Å². The predicted molar refractivity (Wildman–Crippen MR) is 185 cm³/mol. The van der Waals surface area contributed by atoms with Crippen LogP contribution in [0.2, 0.25) is 0 Å². The van der Waals surface area contributed by atoms with Gasteiger partial charge in [-0.2, -0.15) is 0 Å². The van der Waals surface area contributed by atoms with E-state index in [-0.39, 0.29) is 41.3 Å². The fraction of sp³-hybridized carbons (Fsp3) is 0.444. The van der Waals surface area contributed by atoms with E-state index in [0.717, 1.165) is 35.7 Å². The van der Waals surface area contributed by atoms with Gasteiger partial charge in [0.25, 0.3) is 11.8 Å². The Balaban J connectivity index is 1.94. The lowest BCUT2D eigenvalue weighted by Crippen LogP contribution is -2.48. The van der Waals surface area contributed by atoms with Gasteiger partial charge in [0.2, 0.25) is 10.0 Å². The number of sulfonamides is 1. The summed E-state index contributed by atoms with van der Waals surface area (Å²) >= 11 is 0. The topological polar surface area (TPSA) is 128 Å². The summed E-state index contributed by atoms with van der Waals surface area (Å²) in [6.45, 7) is 10.4. The quantitative estimate of drug-likeness (QED) is 0.141. The van der Waals surface area contributed by atoms with Crippen LogP contribution in [0.5, 0.6) is 0 Å². The summed E-state index contributed by atoms with van der Waals surface area (Å²) in [6.07, 6.45) is 0.981. The molecule has 2 atom stereocenters. The minimum absolute atomic E-state index is 0.0257. The molecule has 0 bridgehead atoms. The monoisotopic (exact) mass is 686 g/mol.